The first-order valence-electron chi connectivity index (χ1n) is 6.78. The van der Waals surface area contributed by atoms with E-state index in [9.17, 15) is 0 Å². The number of hydrogen-bond acceptors (Lipinski definition) is 3. The molecule has 3 N–H and O–H groups in total. The minimum absolute atomic E-state index is 0.192. The summed E-state index contributed by atoms with van der Waals surface area (Å²) in [6.45, 7) is 2.13. The van der Waals surface area contributed by atoms with Crippen LogP contribution in [0.4, 0.5) is 0 Å². The van der Waals surface area contributed by atoms with Gasteiger partial charge in [-0.25, -0.2) is 4.98 Å². The summed E-state index contributed by atoms with van der Waals surface area (Å²) in [6.07, 6.45) is 9.06. The van der Waals surface area contributed by atoms with Crippen molar-refractivity contribution in [2.24, 2.45) is 10.7 Å². The van der Waals surface area contributed by atoms with E-state index < -0.39 is 0 Å². The average Bonchev–Trinajstić information content (AvgIpc) is 2.91. The third-order valence-corrected chi connectivity index (χ3v) is 4.27. The molecule has 1 aliphatic rings. The number of aromatic nitrogens is 1. The summed E-state index contributed by atoms with van der Waals surface area (Å²) in [4.78, 5) is 8.93. The molecule has 0 saturated heterocycles. The molecular formula is C13H22N4S. The maximum atomic E-state index is 6.00. The number of guanidine groups is 1. The fraction of sp³-hybridized carbons (Fsp3) is 0.692. The summed E-state index contributed by atoms with van der Waals surface area (Å²) >= 11 is 1.66. The molecule has 4 nitrogen and oxygen atoms in total. The van der Waals surface area contributed by atoms with E-state index in [1.165, 1.54) is 32.1 Å². The van der Waals surface area contributed by atoms with E-state index in [-0.39, 0.29) is 6.04 Å². The Morgan fingerprint density at radius 3 is 2.94 bits per heavy atom. The van der Waals surface area contributed by atoms with Gasteiger partial charge in [0, 0.05) is 11.6 Å². The van der Waals surface area contributed by atoms with Gasteiger partial charge in [-0.05, 0) is 19.3 Å². The Morgan fingerprint density at radius 1 is 1.56 bits per heavy atom. The number of nitrogens with zero attached hydrogens (tertiary/aromatic N) is 2. The molecule has 0 bridgehead atoms. The van der Waals surface area contributed by atoms with Crippen LogP contribution in [0, 0.1) is 0 Å². The Balaban J connectivity index is 1.92. The van der Waals surface area contributed by atoms with Gasteiger partial charge in [0.05, 0.1) is 12.1 Å². The largest absolute Gasteiger partial charge is 0.370 e. The highest BCUT2D eigenvalue weighted by molar-refractivity contribution is 7.09. The fourth-order valence-corrected chi connectivity index (χ4v) is 3.14. The Hall–Kier alpha value is -1.10. The maximum Gasteiger partial charge on any atom is 0.189 e. The summed E-state index contributed by atoms with van der Waals surface area (Å²) in [5, 5.41) is 6.37. The van der Waals surface area contributed by atoms with Gasteiger partial charge < -0.3 is 11.1 Å². The molecule has 18 heavy (non-hydrogen) atoms. The molecule has 1 unspecified atom stereocenters. The summed E-state index contributed by atoms with van der Waals surface area (Å²) < 4.78 is 0. The van der Waals surface area contributed by atoms with Crippen LogP contribution in [0.1, 0.15) is 56.5 Å². The van der Waals surface area contributed by atoms with E-state index in [1.807, 2.05) is 11.6 Å². The molecule has 0 spiro atoms. The van der Waals surface area contributed by atoms with Crippen molar-refractivity contribution in [2.75, 3.05) is 0 Å². The molecule has 1 heterocycles. The van der Waals surface area contributed by atoms with Gasteiger partial charge in [0.2, 0.25) is 0 Å². The second-order valence-corrected chi connectivity index (χ2v) is 5.71. The van der Waals surface area contributed by atoms with Gasteiger partial charge in [0.15, 0.2) is 5.96 Å². The quantitative estimate of drug-likeness (QED) is 0.650. The van der Waals surface area contributed by atoms with Gasteiger partial charge in [-0.1, -0.05) is 26.2 Å². The third-order valence-electron chi connectivity index (χ3n) is 3.38. The van der Waals surface area contributed by atoms with Crippen LogP contribution in [0.25, 0.3) is 0 Å². The van der Waals surface area contributed by atoms with Crippen LogP contribution < -0.4 is 11.1 Å². The summed E-state index contributed by atoms with van der Waals surface area (Å²) in [7, 11) is 0. The minimum Gasteiger partial charge on any atom is -0.370 e. The molecule has 0 amide bonds. The molecular weight excluding hydrogens is 244 g/mol. The van der Waals surface area contributed by atoms with Crippen molar-refractivity contribution in [3.63, 3.8) is 0 Å². The van der Waals surface area contributed by atoms with E-state index in [0.29, 0.717) is 12.0 Å². The first-order chi connectivity index (χ1) is 8.79. The lowest BCUT2D eigenvalue weighted by atomic mass is 9.96. The molecule has 0 radical (unpaired) electrons. The molecule has 5 heteroatoms. The molecule has 0 aliphatic heterocycles. The SMILES string of the molecule is CCC(NC(N)=NC1CCCCC1)c1nccs1. The topological polar surface area (TPSA) is 63.3 Å². The molecule has 1 aromatic heterocycles. The lowest BCUT2D eigenvalue weighted by molar-refractivity contribution is 0.441. The molecule has 1 saturated carbocycles. The fourth-order valence-electron chi connectivity index (χ4n) is 2.37. The first-order valence-corrected chi connectivity index (χ1v) is 7.66. The number of aliphatic imine (C=N–C) groups is 1. The Bertz CT molecular complexity index is 368. The van der Waals surface area contributed by atoms with Crippen LogP contribution in [-0.2, 0) is 0 Å². The second-order valence-electron chi connectivity index (χ2n) is 4.78. The molecule has 1 atom stereocenters. The first kappa shape index (κ1) is 13.3. The van der Waals surface area contributed by atoms with Crippen molar-refractivity contribution < 1.29 is 0 Å². The molecule has 0 aromatic carbocycles. The number of thiazole rings is 1. The van der Waals surface area contributed by atoms with E-state index in [2.05, 4.69) is 22.2 Å². The van der Waals surface area contributed by atoms with Gasteiger partial charge >= 0.3 is 0 Å². The highest BCUT2D eigenvalue weighted by Gasteiger charge is 2.15. The van der Waals surface area contributed by atoms with Gasteiger partial charge in [0.25, 0.3) is 0 Å². The van der Waals surface area contributed by atoms with Crippen molar-refractivity contribution >= 4 is 17.3 Å². The van der Waals surface area contributed by atoms with Crippen LogP contribution >= 0.6 is 11.3 Å². The van der Waals surface area contributed by atoms with Gasteiger partial charge in [-0.15, -0.1) is 11.3 Å². The van der Waals surface area contributed by atoms with Crippen molar-refractivity contribution in [1.82, 2.24) is 10.3 Å². The average molecular weight is 266 g/mol. The molecule has 1 aromatic rings. The molecule has 1 fully saturated rings. The van der Waals surface area contributed by atoms with Gasteiger partial charge in [-0.3, -0.25) is 4.99 Å². The number of nitrogens with two attached hydrogens (primary N) is 1. The van der Waals surface area contributed by atoms with Gasteiger partial charge in [-0.2, -0.15) is 0 Å². The summed E-state index contributed by atoms with van der Waals surface area (Å²) in [5.41, 5.74) is 6.00. The number of hydrogen-bond donors (Lipinski definition) is 2. The van der Waals surface area contributed by atoms with Crippen molar-refractivity contribution in [3.05, 3.63) is 16.6 Å². The van der Waals surface area contributed by atoms with Crippen LogP contribution in [0.2, 0.25) is 0 Å². The normalized spacial score (nSPS) is 19.7. The zero-order valence-corrected chi connectivity index (χ0v) is 11.7. The third kappa shape index (κ3) is 3.70. The number of nitrogens with one attached hydrogen (secondary N) is 1. The lowest BCUT2D eigenvalue weighted by Gasteiger charge is -2.20. The van der Waals surface area contributed by atoms with Crippen LogP contribution in [0.5, 0.6) is 0 Å². The zero-order valence-electron chi connectivity index (χ0n) is 10.9. The summed E-state index contributed by atoms with van der Waals surface area (Å²) in [5.74, 6) is 0.573. The van der Waals surface area contributed by atoms with Crippen molar-refractivity contribution in [2.45, 2.75) is 57.5 Å². The number of rotatable bonds is 4. The monoisotopic (exact) mass is 266 g/mol. The Labute approximate surface area is 113 Å². The van der Waals surface area contributed by atoms with Crippen LogP contribution in [0.15, 0.2) is 16.6 Å². The maximum absolute atomic E-state index is 6.00. The Morgan fingerprint density at radius 2 is 2.33 bits per heavy atom. The van der Waals surface area contributed by atoms with E-state index >= 15 is 0 Å². The predicted octanol–water partition coefficient (Wildman–Crippen LogP) is 2.83. The second kappa shape index (κ2) is 6.73. The van der Waals surface area contributed by atoms with Crippen molar-refractivity contribution in [1.29, 1.82) is 0 Å². The predicted molar refractivity (Wildman–Crippen MR) is 76.8 cm³/mol. The standard InChI is InChI=1S/C13H22N4S/c1-2-11(12-15-8-9-18-12)17-13(14)16-10-6-4-3-5-7-10/h8-11H,2-7H2,1H3,(H3,14,16,17). The smallest absolute Gasteiger partial charge is 0.189 e. The lowest BCUT2D eigenvalue weighted by Crippen LogP contribution is -2.36. The highest BCUT2D eigenvalue weighted by atomic mass is 32.1. The van der Waals surface area contributed by atoms with E-state index in [1.54, 1.807) is 11.3 Å². The minimum atomic E-state index is 0.192. The zero-order chi connectivity index (χ0) is 12.8. The van der Waals surface area contributed by atoms with E-state index in [0.717, 1.165) is 11.4 Å². The van der Waals surface area contributed by atoms with Crippen LogP contribution in [0.3, 0.4) is 0 Å². The van der Waals surface area contributed by atoms with Gasteiger partial charge in [0.1, 0.15) is 5.01 Å². The van der Waals surface area contributed by atoms with E-state index in [4.69, 9.17) is 5.73 Å². The Kier molecular flexibility index (Phi) is 4.99. The highest BCUT2D eigenvalue weighted by Crippen LogP contribution is 2.21. The molecule has 2 rings (SSSR count). The summed E-state index contributed by atoms with van der Waals surface area (Å²) in [6, 6.07) is 0.609. The van der Waals surface area contributed by atoms with Crippen molar-refractivity contribution in [3.8, 4) is 0 Å². The molecule has 1 aliphatic carbocycles. The van der Waals surface area contributed by atoms with Crippen LogP contribution in [-0.4, -0.2) is 17.0 Å². The molecule has 100 valence electrons.